The molecule has 27 heavy (non-hydrogen) atoms. The molecule has 0 bridgehead atoms. The molecule has 0 saturated heterocycles. The first kappa shape index (κ1) is 18.4. The minimum Gasteiger partial charge on any atom is -0.496 e. The van der Waals surface area contributed by atoms with Crippen LogP contribution in [0.3, 0.4) is 0 Å². The molecule has 2 aromatic carbocycles. The minimum atomic E-state index is -0.478. The lowest BCUT2D eigenvalue weighted by Gasteiger charge is -2.15. The number of ether oxygens (including phenoxy) is 5. The largest absolute Gasteiger partial charge is 0.496 e. The topological polar surface area (TPSA) is 92.3 Å². The van der Waals surface area contributed by atoms with Gasteiger partial charge in [0.1, 0.15) is 5.75 Å². The molecule has 0 atom stereocenters. The smallest absolute Gasteiger partial charge is 0.259 e. The summed E-state index contributed by atoms with van der Waals surface area (Å²) in [6.07, 6.45) is 0. The molecule has 1 amide bonds. The van der Waals surface area contributed by atoms with Crippen LogP contribution in [0.1, 0.15) is 27.6 Å². The van der Waals surface area contributed by atoms with Crippen LogP contribution in [0.4, 0.5) is 5.69 Å². The van der Waals surface area contributed by atoms with Crippen LogP contribution in [-0.2, 0) is 0 Å². The highest BCUT2D eigenvalue weighted by molar-refractivity contribution is 6.11. The fourth-order valence-corrected chi connectivity index (χ4v) is 2.73. The van der Waals surface area contributed by atoms with E-state index in [9.17, 15) is 9.59 Å². The lowest BCUT2D eigenvalue weighted by Crippen LogP contribution is -2.15. The Morgan fingerprint density at radius 2 is 1.44 bits per heavy atom. The summed E-state index contributed by atoms with van der Waals surface area (Å²) in [4.78, 5) is 24.8. The summed E-state index contributed by atoms with van der Waals surface area (Å²) in [5.41, 5.74) is 0.850. The first-order chi connectivity index (χ1) is 13.0. The van der Waals surface area contributed by atoms with Crippen molar-refractivity contribution in [2.24, 2.45) is 0 Å². The molecule has 1 aliphatic rings. The molecule has 1 N–H and O–H groups in total. The van der Waals surface area contributed by atoms with Gasteiger partial charge in [-0.05, 0) is 13.0 Å². The summed E-state index contributed by atoms with van der Waals surface area (Å²) in [7, 11) is 4.40. The number of hydrogen-bond acceptors (Lipinski definition) is 7. The van der Waals surface area contributed by atoms with Gasteiger partial charge in [-0.15, -0.1) is 0 Å². The van der Waals surface area contributed by atoms with E-state index < -0.39 is 5.91 Å². The van der Waals surface area contributed by atoms with E-state index in [4.69, 9.17) is 23.7 Å². The van der Waals surface area contributed by atoms with Crippen LogP contribution in [0.25, 0.3) is 0 Å². The maximum Gasteiger partial charge on any atom is 0.259 e. The Labute approximate surface area is 155 Å². The van der Waals surface area contributed by atoms with E-state index in [0.29, 0.717) is 40.0 Å². The van der Waals surface area contributed by atoms with Crippen molar-refractivity contribution in [2.75, 3.05) is 33.4 Å². The second kappa shape index (κ2) is 7.45. The van der Waals surface area contributed by atoms with Gasteiger partial charge in [0.15, 0.2) is 28.8 Å². The minimum absolute atomic E-state index is 0.0631. The lowest BCUT2D eigenvalue weighted by atomic mass is 10.1. The van der Waals surface area contributed by atoms with Crippen molar-refractivity contribution in [3.8, 4) is 28.7 Å². The zero-order chi connectivity index (χ0) is 19.6. The SMILES string of the molecule is COc1cc(OC)c(C(=O)Nc2cc3c(cc2C(C)=O)OCO3)cc1OC. The maximum atomic E-state index is 12.9. The average molecular weight is 373 g/mol. The van der Waals surface area contributed by atoms with Crippen molar-refractivity contribution in [3.05, 3.63) is 35.4 Å². The number of hydrogen-bond donors (Lipinski definition) is 1. The van der Waals surface area contributed by atoms with E-state index in [1.807, 2.05) is 0 Å². The summed E-state index contributed by atoms with van der Waals surface area (Å²) in [5, 5.41) is 2.73. The zero-order valence-corrected chi connectivity index (χ0v) is 15.4. The number of amides is 1. The van der Waals surface area contributed by atoms with Crippen LogP contribution < -0.4 is 29.0 Å². The normalized spacial score (nSPS) is 11.7. The van der Waals surface area contributed by atoms with Crippen molar-refractivity contribution >= 4 is 17.4 Å². The summed E-state index contributed by atoms with van der Waals surface area (Å²) < 4.78 is 26.4. The van der Waals surface area contributed by atoms with Gasteiger partial charge in [0.2, 0.25) is 6.79 Å². The number of Topliss-reactive ketones (excluding diaryl/α,β-unsaturated/α-hetero) is 1. The predicted molar refractivity (Wildman–Crippen MR) is 96.6 cm³/mol. The zero-order valence-electron chi connectivity index (χ0n) is 15.4. The molecule has 1 aliphatic heterocycles. The highest BCUT2D eigenvalue weighted by atomic mass is 16.7. The third-order valence-electron chi connectivity index (χ3n) is 4.09. The third-order valence-corrected chi connectivity index (χ3v) is 4.09. The highest BCUT2D eigenvalue weighted by Crippen LogP contribution is 2.38. The molecule has 8 nitrogen and oxygen atoms in total. The quantitative estimate of drug-likeness (QED) is 0.778. The molecule has 8 heteroatoms. The van der Waals surface area contributed by atoms with Crippen LogP contribution in [0, 0.1) is 0 Å². The number of ketones is 1. The number of nitrogens with one attached hydrogen (secondary N) is 1. The Balaban J connectivity index is 2.00. The van der Waals surface area contributed by atoms with E-state index in [1.165, 1.54) is 34.3 Å². The van der Waals surface area contributed by atoms with Crippen molar-refractivity contribution in [3.63, 3.8) is 0 Å². The van der Waals surface area contributed by atoms with Gasteiger partial charge in [-0.3, -0.25) is 9.59 Å². The number of anilines is 1. The summed E-state index contributed by atoms with van der Waals surface area (Å²) in [6, 6.07) is 6.17. The number of fused-ring (bicyclic) bond motifs is 1. The van der Waals surface area contributed by atoms with Gasteiger partial charge in [0.05, 0.1) is 32.6 Å². The predicted octanol–water partition coefficient (Wildman–Crippen LogP) is 2.90. The van der Waals surface area contributed by atoms with Crippen LogP contribution in [0.15, 0.2) is 24.3 Å². The van der Waals surface area contributed by atoms with E-state index in [1.54, 1.807) is 18.2 Å². The summed E-state index contributed by atoms with van der Waals surface area (Å²) >= 11 is 0. The molecule has 0 aliphatic carbocycles. The van der Waals surface area contributed by atoms with Crippen LogP contribution in [-0.4, -0.2) is 39.8 Å². The van der Waals surface area contributed by atoms with E-state index >= 15 is 0 Å². The fraction of sp³-hybridized carbons (Fsp3) is 0.263. The van der Waals surface area contributed by atoms with Gasteiger partial charge >= 0.3 is 0 Å². The van der Waals surface area contributed by atoms with E-state index in [-0.39, 0.29) is 18.1 Å². The van der Waals surface area contributed by atoms with Crippen molar-refractivity contribution in [2.45, 2.75) is 6.92 Å². The molecule has 0 saturated carbocycles. The molecule has 1 heterocycles. The Bertz CT molecular complexity index is 907. The van der Waals surface area contributed by atoms with Gasteiger partial charge in [0.25, 0.3) is 5.91 Å². The van der Waals surface area contributed by atoms with Crippen molar-refractivity contribution in [1.29, 1.82) is 0 Å². The highest BCUT2D eigenvalue weighted by Gasteiger charge is 2.23. The molecule has 2 aromatic rings. The molecule has 0 radical (unpaired) electrons. The van der Waals surface area contributed by atoms with Crippen LogP contribution in [0.2, 0.25) is 0 Å². The molecule has 0 aromatic heterocycles. The van der Waals surface area contributed by atoms with Gasteiger partial charge in [-0.1, -0.05) is 0 Å². The Morgan fingerprint density at radius 1 is 0.852 bits per heavy atom. The number of carbonyl (C=O) groups excluding carboxylic acids is 2. The molecule has 3 rings (SSSR count). The fourth-order valence-electron chi connectivity index (χ4n) is 2.73. The van der Waals surface area contributed by atoms with Crippen LogP contribution in [0.5, 0.6) is 28.7 Å². The maximum absolute atomic E-state index is 12.9. The molecule has 0 fully saturated rings. The van der Waals surface area contributed by atoms with Crippen molar-refractivity contribution in [1.82, 2.24) is 0 Å². The second-order valence-corrected chi connectivity index (χ2v) is 5.67. The average Bonchev–Trinajstić information content (AvgIpc) is 3.13. The Kier molecular flexibility index (Phi) is 5.07. The monoisotopic (exact) mass is 373 g/mol. The Hall–Kier alpha value is -3.42. The molecule has 0 unspecified atom stereocenters. The Morgan fingerprint density at radius 3 is 2.04 bits per heavy atom. The standard InChI is InChI=1S/C19H19NO7/c1-10(21)11-5-17-18(27-9-26-17)7-13(11)20-19(22)12-6-15(24-3)16(25-4)8-14(12)23-2/h5-8H,9H2,1-4H3,(H,20,22). The van der Waals surface area contributed by atoms with Gasteiger partial charge in [0, 0.05) is 23.8 Å². The number of methoxy groups -OCH3 is 3. The van der Waals surface area contributed by atoms with Crippen molar-refractivity contribution < 1.29 is 33.3 Å². The number of rotatable bonds is 6. The van der Waals surface area contributed by atoms with Gasteiger partial charge in [-0.25, -0.2) is 0 Å². The first-order valence-corrected chi connectivity index (χ1v) is 8.04. The second-order valence-electron chi connectivity index (χ2n) is 5.67. The summed E-state index contributed by atoms with van der Waals surface area (Å²) in [6.45, 7) is 1.47. The van der Waals surface area contributed by atoms with E-state index in [2.05, 4.69) is 5.32 Å². The molecular formula is C19H19NO7. The molecule has 0 spiro atoms. The lowest BCUT2D eigenvalue weighted by molar-refractivity contribution is 0.101. The molecule has 142 valence electrons. The van der Waals surface area contributed by atoms with Gasteiger partial charge < -0.3 is 29.0 Å². The summed E-state index contributed by atoms with van der Waals surface area (Å²) in [5.74, 6) is 1.32. The van der Waals surface area contributed by atoms with Gasteiger partial charge in [-0.2, -0.15) is 0 Å². The molecular weight excluding hydrogens is 354 g/mol. The number of benzene rings is 2. The number of carbonyl (C=O) groups is 2. The van der Waals surface area contributed by atoms with Crippen LogP contribution >= 0.6 is 0 Å². The third kappa shape index (κ3) is 3.46. The first-order valence-electron chi connectivity index (χ1n) is 8.04. The van der Waals surface area contributed by atoms with E-state index in [0.717, 1.165) is 0 Å².